The highest BCUT2D eigenvalue weighted by Gasteiger charge is 2.30. The average molecular weight is 205 g/mol. The normalized spacial score (nSPS) is 13.6. The second-order valence-electron chi connectivity index (χ2n) is 4.58. The Hall–Kier alpha value is -1.18. The zero-order chi connectivity index (χ0) is 11.5. The molecule has 1 aromatic rings. The van der Waals surface area contributed by atoms with Crippen LogP contribution in [0.5, 0.6) is 0 Å². The zero-order valence-electron chi connectivity index (χ0n) is 9.95. The largest absolute Gasteiger partial charge is 0.298 e. The second-order valence-corrected chi connectivity index (χ2v) is 4.58. The minimum absolute atomic E-state index is 0.110. The van der Waals surface area contributed by atoms with E-state index in [1.54, 1.807) is 6.20 Å². The van der Waals surface area contributed by atoms with E-state index in [0.29, 0.717) is 0 Å². The van der Waals surface area contributed by atoms with E-state index < -0.39 is 0 Å². The maximum absolute atomic E-state index is 12.2. The Morgan fingerprint density at radius 3 is 2.60 bits per heavy atom. The van der Waals surface area contributed by atoms with Crippen LogP contribution in [-0.2, 0) is 4.79 Å². The molecule has 0 radical (unpaired) electrons. The lowest BCUT2D eigenvalue weighted by molar-refractivity contribution is -0.128. The van der Waals surface area contributed by atoms with Crippen molar-refractivity contribution in [2.24, 2.45) is 5.41 Å². The molecule has 0 saturated carbocycles. The van der Waals surface area contributed by atoms with Crippen LogP contribution in [0.4, 0.5) is 0 Å². The van der Waals surface area contributed by atoms with Gasteiger partial charge in [0, 0.05) is 11.6 Å². The molecule has 1 rings (SSSR count). The summed E-state index contributed by atoms with van der Waals surface area (Å²) in [6.45, 7) is 7.97. The van der Waals surface area contributed by atoms with E-state index >= 15 is 0 Å². The number of aromatic nitrogens is 1. The smallest absolute Gasteiger partial charge is 0.147 e. The van der Waals surface area contributed by atoms with Crippen molar-refractivity contribution in [3.8, 4) is 0 Å². The average Bonchev–Trinajstić information content (AvgIpc) is 2.28. The van der Waals surface area contributed by atoms with Crippen LogP contribution in [0.1, 0.15) is 45.7 Å². The molecule has 0 fully saturated rings. The quantitative estimate of drug-likeness (QED) is 0.755. The fourth-order valence-corrected chi connectivity index (χ4v) is 1.53. The molecule has 0 N–H and O–H groups in total. The van der Waals surface area contributed by atoms with Crippen LogP contribution in [0.25, 0.3) is 0 Å². The van der Waals surface area contributed by atoms with E-state index in [0.717, 1.165) is 12.1 Å². The number of nitrogens with zero attached hydrogens (tertiary/aromatic N) is 1. The van der Waals surface area contributed by atoms with Crippen LogP contribution < -0.4 is 0 Å². The topological polar surface area (TPSA) is 30.0 Å². The molecule has 0 aromatic carbocycles. The Kier molecular flexibility index (Phi) is 3.61. The van der Waals surface area contributed by atoms with Crippen molar-refractivity contribution in [3.63, 3.8) is 0 Å². The molecule has 1 unspecified atom stereocenters. The number of Topliss-reactive ketones (excluding diaryl/α,β-unsaturated/α-hetero) is 1. The molecule has 0 spiro atoms. The molecule has 0 saturated heterocycles. The highest BCUT2D eigenvalue weighted by Crippen LogP contribution is 2.29. The lowest BCUT2D eigenvalue weighted by atomic mass is 9.79. The number of hydrogen-bond acceptors (Lipinski definition) is 2. The SMILES string of the molecule is CCC(C)(C)C(=O)C(C)c1ccccn1. The van der Waals surface area contributed by atoms with E-state index in [1.807, 2.05) is 45.9 Å². The van der Waals surface area contributed by atoms with Gasteiger partial charge in [-0.1, -0.05) is 26.8 Å². The first-order valence-corrected chi connectivity index (χ1v) is 5.44. The minimum atomic E-state index is -0.253. The summed E-state index contributed by atoms with van der Waals surface area (Å²) in [5, 5.41) is 0. The summed E-state index contributed by atoms with van der Waals surface area (Å²) in [5.74, 6) is 0.157. The van der Waals surface area contributed by atoms with Crippen molar-refractivity contribution >= 4 is 5.78 Å². The summed E-state index contributed by atoms with van der Waals surface area (Å²) in [4.78, 5) is 16.4. The van der Waals surface area contributed by atoms with Crippen molar-refractivity contribution in [3.05, 3.63) is 30.1 Å². The fourth-order valence-electron chi connectivity index (χ4n) is 1.53. The summed E-state index contributed by atoms with van der Waals surface area (Å²) in [5.41, 5.74) is 0.612. The van der Waals surface area contributed by atoms with Crippen molar-refractivity contribution in [1.29, 1.82) is 0 Å². The maximum atomic E-state index is 12.2. The number of rotatable bonds is 4. The van der Waals surface area contributed by atoms with Crippen LogP contribution in [0.2, 0.25) is 0 Å². The van der Waals surface area contributed by atoms with Gasteiger partial charge in [0.1, 0.15) is 5.78 Å². The Morgan fingerprint density at radius 1 is 1.47 bits per heavy atom. The van der Waals surface area contributed by atoms with Gasteiger partial charge >= 0.3 is 0 Å². The van der Waals surface area contributed by atoms with Gasteiger partial charge in [-0.05, 0) is 25.5 Å². The Labute approximate surface area is 91.7 Å². The second kappa shape index (κ2) is 4.56. The van der Waals surface area contributed by atoms with E-state index in [-0.39, 0.29) is 17.1 Å². The third kappa shape index (κ3) is 2.65. The molecular weight excluding hydrogens is 186 g/mol. The number of pyridine rings is 1. The molecule has 0 bridgehead atoms. The molecule has 0 amide bonds. The monoisotopic (exact) mass is 205 g/mol. The highest BCUT2D eigenvalue weighted by atomic mass is 16.1. The van der Waals surface area contributed by atoms with Crippen LogP contribution in [0.3, 0.4) is 0 Å². The number of hydrogen-bond donors (Lipinski definition) is 0. The maximum Gasteiger partial charge on any atom is 0.147 e. The van der Waals surface area contributed by atoms with Crippen LogP contribution in [0.15, 0.2) is 24.4 Å². The summed E-state index contributed by atoms with van der Waals surface area (Å²) in [6.07, 6.45) is 2.60. The summed E-state index contributed by atoms with van der Waals surface area (Å²) >= 11 is 0. The van der Waals surface area contributed by atoms with Crippen LogP contribution in [-0.4, -0.2) is 10.8 Å². The van der Waals surface area contributed by atoms with Crippen molar-refractivity contribution < 1.29 is 4.79 Å². The van der Waals surface area contributed by atoms with E-state index in [1.165, 1.54) is 0 Å². The first-order chi connectivity index (χ1) is 6.99. The summed E-state index contributed by atoms with van der Waals surface area (Å²) in [6, 6.07) is 5.70. The molecule has 0 aliphatic rings. The van der Waals surface area contributed by atoms with Gasteiger partial charge in [0.2, 0.25) is 0 Å². The predicted octanol–water partition coefficient (Wildman–Crippen LogP) is 3.19. The van der Waals surface area contributed by atoms with Gasteiger partial charge in [-0.2, -0.15) is 0 Å². The lowest BCUT2D eigenvalue weighted by Gasteiger charge is -2.24. The molecule has 0 aliphatic carbocycles. The number of carbonyl (C=O) groups is 1. The lowest BCUT2D eigenvalue weighted by Crippen LogP contribution is -2.28. The van der Waals surface area contributed by atoms with E-state index in [9.17, 15) is 4.79 Å². The van der Waals surface area contributed by atoms with Gasteiger partial charge in [-0.3, -0.25) is 9.78 Å². The third-order valence-corrected chi connectivity index (χ3v) is 3.08. The fraction of sp³-hybridized carbons (Fsp3) is 0.538. The first kappa shape index (κ1) is 11.9. The van der Waals surface area contributed by atoms with Gasteiger partial charge in [-0.25, -0.2) is 0 Å². The molecule has 1 atom stereocenters. The van der Waals surface area contributed by atoms with Gasteiger partial charge in [0.25, 0.3) is 0 Å². The Morgan fingerprint density at radius 2 is 2.13 bits per heavy atom. The third-order valence-electron chi connectivity index (χ3n) is 3.08. The highest BCUT2D eigenvalue weighted by molar-refractivity contribution is 5.89. The van der Waals surface area contributed by atoms with E-state index in [2.05, 4.69) is 4.98 Å². The molecular formula is C13H19NO. The summed E-state index contributed by atoms with van der Waals surface area (Å²) in [7, 11) is 0. The molecule has 1 aromatic heterocycles. The number of ketones is 1. The molecule has 1 heterocycles. The standard InChI is InChI=1S/C13H19NO/c1-5-13(3,4)12(15)10(2)11-8-6-7-9-14-11/h6-10H,5H2,1-4H3. The van der Waals surface area contributed by atoms with Crippen LogP contribution >= 0.6 is 0 Å². The molecule has 0 aliphatic heterocycles. The van der Waals surface area contributed by atoms with Crippen LogP contribution in [0, 0.1) is 5.41 Å². The first-order valence-electron chi connectivity index (χ1n) is 5.44. The molecule has 82 valence electrons. The Bertz CT molecular complexity index is 330. The van der Waals surface area contributed by atoms with Crippen molar-refractivity contribution in [2.45, 2.75) is 40.0 Å². The predicted molar refractivity (Wildman–Crippen MR) is 61.7 cm³/mol. The van der Waals surface area contributed by atoms with E-state index in [4.69, 9.17) is 0 Å². The minimum Gasteiger partial charge on any atom is -0.298 e. The molecule has 2 nitrogen and oxygen atoms in total. The summed E-state index contributed by atoms with van der Waals surface area (Å²) < 4.78 is 0. The van der Waals surface area contributed by atoms with Crippen molar-refractivity contribution in [1.82, 2.24) is 4.98 Å². The molecule has 2 heteroatoms. The zero-order valence-corrected chi connectivity index (χ0v) is 9.95. The van der Waals surface area contributed by atoms with Gasteiger partial charge < -0.3 is 0 Å². The van der Waals surface area contributed by atoms with Gasteiger partial charge in [0.05, 0.1) is 11.6 Å². The molecule has 15 heavy (non-hydrogen) atoms. The number of carbonyl (C=O) groups excluding carboxylic acids is 1. The Balaban J connectivity index is 2.87. The van der Waals surface area contributed by atoms with Gasteiger partial charge in [-0.15, -0.1) is 0 Å². The van der Waals surface area contributed by atoms with Crippen molar-refractivity contribution in [2.75, 3.05) is 0 Å². The van der Waals surface area contributed by atoms with Gasteiger partial charge in [0.15, 0.2) is 0 Å².